The topological polar surface area (TPSA) is 0 Å². The summed E-state index contributed by atoms with van der Waals surface area (Å²) in [5.74, 6) is 0. The average Bonchev–Trinajstić information content (AvgIpc) is 2.68. The monoisotopic (exact) mass is 382 g/mol. The minimum absolute atomic E-state index is 1.14. The van der Waals surface area contributed by atoms with E-state index in [0.717, 1.165) is 4.47 Å². The molecule has 0 aliphatic carbocycles. The second kappa shape index (κ2) is 5.72. The lowest BCUT2D eigenvalue weighted by Crippen LogP contribution is -1.87. The van der Waals surface area contributed by atoms with Crippen molar-refractivity contribution >= 4 is 48.2 Å². The Morgan fingerprint density at radius 2 is 1.00 bits per heavy atom. The van der Waals surface area contributed by atoms with Gasteiger partial charge in [-0.05, 0) is 55.6 Å². The molecule has 0 saturated carbocycles. The molecule has 0 nitrogen and oxygen atoms in total. The Balaban J connectivity index is 1.98. The highest BCUT2D eigenvalue weighted by Crippen LogP contribution is 2.39. The summed E-state index contributed by atoms with van der Waals surface area (Å²) in [6.45, 7) is 0. The maximum Gasteiger partial charge on any atom is 0.0254 e. The summed E-state index contributed by atoms with van der Waals surface area (Å²) in [6, 6.07) is 32.6. The first kappa shape index (κ1) is 14.7. The van der Waals surface area contributed by atoms with E-state index in [1.54, 1.807) is 0 Å². The molecular formula is C24H15Br. The molecule has 0 unspecified atom stereocenters. The van der Waals surface area contributed by atoms with E-state index in [2.05, 4.69) is 107 Å². The fraction of sp³-hybridized carbons (Fsp3) is 0. The van der Waals surface area contributed by atoms with Crippen molar-refractivity contribution in [2.75, 3.05) is 0 Å². The number of fused-ring (bicyclic) bond motifs is 4. The molecule has 5 aromatic rings. The molecule has 1 heteroatoms. The van der Waals surface area contributed by atoms with Crippen LogP contribution in [0.4, 0.5) is 0 Å². The van der Waals surface area contributed by atoms with E-state index in [4.69, 9.17) is 0 Å². The first-order valence-electron chi connectivity index (χ1n) is 8.41. The van der Waals surface area contributed by atoms with Gasteiger partial charge in [-0.2, -0.15) is 0 Å². The number of hydrogen-bond donors (Lipinski definition) is 0. The zero-order valence-corrected chi connectivity index (χ0v) is 15.1. The van der Waals surface area contributed by atoms with Gasteiger partial charge in [0.25, 0.3) is 0 Å². The summed E-state index contributed by atoms with van der Waals surface area (Å²) in [4.78, 5) is 0. The van der Waals surface area contributed by atoms with E-state index in [9.17, 15) is 0 Å². The fourth-order valence-corrected chi connectivity index (χ4v) is 4.25. The van der Waals surface area contributed by atoms with Crippen molar-refractivity contribution in [3.05, 3.63) is 95.5 Å². The first-order valence-corrected chi connectivity index (χ1v) is 9.20. The molecule has 5 aromatic carbocycles. The Hall–Kier alpha value is -2.64. The molecule has 0 bridgehead atoms. The summed E-state index contributed by atoms with van der Waals surface area (Å²) in [5, 5.41) is 7.72. The van der Waals surface area contributed by atoms with Crippen molar-refractivity contribution in [2.45, 2.75) is 0 Å². The van der Waals surface area contributed by atoms with Crippen LogP contribution in [0.1, 0.15) is 0 Å². The Morgan fingerprint density at radius 1 is 0.440 bits per heavy atom. The molecular weight excluding hydrogens is 368 g/mol. The molecule has 0 N–H and O–H groups in total. The van der Waals surface area contributed by atoms with Gasteiger partial charge in [0, 0.05) is 4.47 Å². The average molecular weight is 383 g/mol. The highest BCUT2D eigenvalue weighted by Gasteiger charge is 2.11. The minimum Gasteiger partial charge on any atom is -0.0616 e. The Morgan fingerprint density at radius 3 is 1.76 bits per heavy atom. The normalized spacial score (nSPS) is 11.4. The van der Waals surface area contributed by atoms with Crippen LogP contribution >= 0.6 is 15.9 Å². The maximum absolute atomic E-state index is 3.69. The summed E-state index contributed by atoms with van der Waals surface area (Å²) >= 11 is 3.69. The van der Waals surface area contributed by atoms with Gasteiger partial charge in [-0.15, -0.1) is 0 Å². The maximum atomic E-state index is 3.69. The summed E-state index contributed by atoms with van der Waals surface area (Å²) in [5.41, 5.74) is 2.57. The Bertz CT molecular complexity index is 1250. The van der Waals surface area contributed by atoms with Crippen molar-refractivity contribution in [1.82, 2.24) is 0 Å². The van der Waals surface area contributed by atoms with E-state index in [0.29, 0.717) is 0 Å². The van der Waals surface area contributed by atoms with E-state index in [1.165, 1.54) is 43.4 Å². The molecule has 0 atom stereocenters. The molecule has 0 heterocycles. The van der Waals surface area contributed by atoms with Crippen molar-refractivity contribution < 1.29 is 0 Å². The molecule has 0 aliphatic rings. The van der Waals surface area contributed by atoms with Gasteiger partial charge in [-0.3, -0.25) is 0 Å². The van der Waals surface area contributed by atoms with Gasteiger partial charge in [0.1, 0.15) is 0 Å². The molecule has 25 heavy (non-hydrogen) atoms. The van der Waals surface area contributed by atoms with Crippen molar-refractivity contribution in [1.29, 1.82) is 0 Å². The van der Waals surface area contributed by atoms with Crippen LogP contribution in [0.3, 0.4) is 0 Å². The lowest BCUT2D eigenvalue weighted by Gasteiger charge is -2.14. The molecule has 118 valence electrons. The number of rotatable bonds is 1. The molecule has 0 spiro atoms. The smallest absolute Gasteiger partial charge is 0.0254 e. The largest absolute Gasteiger partial charge is 0.0616 e. The number of benzene rings is 5. The summed E-state index contributed by atoms with van der Waals surface area (Å²) < 4.78 is 1.14. The highest BCUT2D eigenvalue weighted by molar-refractivity contribution is 9.10. The second-order valence-electron chi connectivity index (χ2n) is 6.33. The summed E-state index contributed by atoms with van der Waals surface area (Å²) in [6.07, 6.45) is 0. The summed E-state index contributed by atoms with van der Waals surface area (Å²) in [7, 11) is 0. The second-order valence-corrected chi connectivity index (χ2v) is 7.19. The quantitative estimate of drug-likeness (QED) is 0.262. The van der Waals surface area contributed by atoms with Crippen LogP contribution in [-0.2, 0) is 0 Å². The van der Waals surface area contributed by atoms with E-state index < -0.39 is 0 Å². The SMILES string of the molecule is Brc1ccc(-c2cc3ccccc3c3ccccc23)c2ccccc12. The van der Waals surface area contributed by atoms with Crippen LogP contribution in [0.2, 0.25) is 0 Å². The molecule has 0 aromatic heterocycles. The predicted molar refractivity (Wildman–Crippen MR) is 112 cm³/mol. The lowest BCUT2D eigenvalue weighted by molar-refractivity contribution is 1.68. The van der Waals surface area contributed by atoms with Crippen molar-refractivity contribution in [2.24, 2.45) is 0 Å². The first-order chi connectivity index (χ1) is 12.3. The molecule has 0 aliphatic heterocycles. The molecule has 0 saturated heterocycles. The van der Waals surface area contributed by atoms with Gasteiger partial charge in [-0.25, -0.2) is 0 Å². The Kier molecular flexibility index (Phi) is 3.36. The Labute approximate surface area is 154 Å². The highest BCUT2D eigenvalue weighted by atomic mass is 79.9. The van der Waals surface area contributed by atoms with Crippen LogP contribution in [0.5, 0.6) is 0 Å². The molecule has 0 amide bonds. The van der Waals surface area contributed by atoms with E-state index in [1.807, 2.05) is 0 Å². The van der Waals surface area contributed by atoms with Gasteiger partial charge in [0.2, 0.25) is 0 Å². The van der Waals surface area contributed by atoms with Crippen LogP contribution in [0.15, 0.2) is 95.5 Å². The standard InChI is InChI=1S/C24H15Br/c25-24-14-13-21(19-10-5-6-12-22(19)24)23-15-16-7-1-2-8-17(16)18-9-3-4-11-20(18)23/h1-15H. The number of hydrogen-bond acceptors (Lipinski definition) is 0. The zero-order chi connectivity index (χ0) is 16.8. The molecule has 0 radical (unpaired) electrons. The van der Waals surface area contributed by atoms with Gasteiger partial charge >= 0.3 is 0 Å². The predicted octanol–water partition coefficient (Wildman–Crippen LogP) is 7.58. The minimum atomic E-state index is 1.14. The lowest BCUT2D eigenvalue weighted by atomic mass is 9.91. The van der Waals surface area contributed by atoms with E-state index >= 15 is 0 Å². The van der Waals surface area contributed by atoms with Crippen LogP contribution in [0, 0.1) is 0 Å². The van der Waals surface area contributed by atoms with Crippen LogP contribution in [0.25, 0.3) is 43.4 Å². The van der Waals surface area contributed by atoms with E-state index in [-0.39, 0.29) is 0 Å². The van der Waals surface area contributed by atoms with Gasteiger partial charge in [-0.1, -0.05) is 94.8 Å². The van der Waals surface area contributed by atoms with Crippen molar-refractivity contribution in [3.63, 3.8) is 0 Å². The van der Waals surface area contributed by atoms with Gasteiger partial charge < -0.3 is 0 Å². The molecule has 5 rings (SSSR count). The van der Waals surface area contributed by atoms with Crippen LogP contribution in [-0.4, -0.2) is 0 Å². The third-order valence-corrected chi connectivity index (χ3v) is 5.62. The van der Waals surface area contributed by atoms with Gasteiger partial charge in [0.15, 0.2) is 0 Å². The molecule has 0 fully saturated rings. The van der Waals surface area contributed by atoms with Crippen LogP contribution < -0.4 is 0 Å². The van der Waals surface area contributed by atoms with Crippen molar-refractivity contribution in [3.8, 4) is 11.1 Å². The fourth-order valence-electron chi connectivity index (χ4n) is 3.77. The van der Waals surface area contributed by atoms with Gasteiger partial charge in [0.05, 0.1) is 0 Å². The zero-order valence-electron chi connectivity index (χ0n) is 13.5. The number of halogens is 1. The third kappa shape index (κ3) is 2.27. The third-order valence-electron chi connectivity index (χ3n) is 4.93.